The number of hydrogen-bond donors (Lipinski definition) is 0. The van der Waals surface area contributed by atoms with Gasteiger partial charge < -0.3 is 21.6 Å². The minimum Gasteiger partial charge on any atom is -1.00 e. The third-order valence-corrected chi connectivity index (χ3v) is 8.20. The Hall–Kier alpha value is -2.95. The zero-order chi connectivity index (χ0) is 26.2. The number of rotatable bonds is 7. The number of fused-ring (bicyclic) bond motifs is 3. The highest BCUT2D eigenvalue weighted by Crippen LogP contribution is 2.36. The molecular formula is C27H25ClF4N2O3S. The number of nitrogens with zero attached hydrogens (tertiary/aromatic N) is 2. The molecule has 0 aliphatic carbocycles. The molecule has 5 nitrogen and oxygen atoms in total. The zero-order valence-electron chi connectivity index (χ0n) is 20.2. The third-order valence-electron chi connectivity index (χ3n) is 7.29. The molecule has 3 saturated heterocycles. The van der Waals surface area contributed by atoms with Crippen LogP contribution in [-0.4, -0.2) is 48.6 Å². The summed E-state index contributed by atoms with van der Waals surface area (Å²) in [4.78, 5) is 28.0. The SMILES string of the molecule is O=C(C[N+]12CCC(CC1)C(OC(=O)N(Cc1cc(F)c(F)c(F)c1)c1cccc(F)c1)C2)c1cccs1.[Cl-]. The summed E-state index contributed by atoms with van der Waals surface area (Å²) in [6.07, 6.45) is 0.315. The molecule has 6 rings (SSSR count). The summed E-state index contributed by atoms with van der Waals surface area (Å²) in [5, 5.41) is 1.86. The summed E-state index contributed by atoms with van der Waals surface area (Å²) >= 11 is 1.40. The van der Waals surface area contributed by atoms with Gasteiger partial charge in [0.15, 0.2) is 23.6 Å². The first kappa shape index (κ1) is 28.1. The molecule has 1 atom stereocenters. The molecule has 0 N–H and O–H groups in total. The molecule has 1 unspecified atom stereocenters. The molecule has 3 aliphatic rings. The van der Waals surface area contributed by atoms with Gasteiger partial charge in [0.25, 0.3) is 0 Å². The maximum Gasteiger partial charge on any atom is 0.415 e. The van der Waals surface area contributed by atoms with Gasteiger partial charge in [-0.05, 0) is 47.3 Å². The second-order valence-corrected chi connectivity index (χ2v) is 10.7. The molecule has 0 spiro atoms. The van der Waals surface area contributed by atoms with Crippen LogP contribution < -0.4 is 17.3 Å². The lowest BCUT2D eigenvalue weighted by Crippen LogP contribution is -3.00. The van der Waals surface area contributed by atoms with Crippen LogP contribution in [0.25, 0.3) is 0 Å². The van der Waals surface area contributed by atoms with Crippen LogP contribution in [-0.2, 0) is 11.3 Å². The predicted octanol–water partition coefficient (Wildman–Crippen LogP) is 2.94. The van der Waals surface area contributed by atoms with Gasteiger partial charge in [0.2, 0.25) is 5.78 Å². The molecule has 0 radical (unpaired) electrons. The zero-order valence-corrected chi connectivity index (χ0v) is 21.8. The molecule has 3 aromatic rings. The molecule has 2 bridgehead atoms. The first-order chi connectivity index (χ1) is 17.7. The monoisotopic (exact) mass is 568 g/mol. The maximum absolute atomic E-state index is 14.0. The Bertz CT molecular complexity index is 1290. The normalized spacial score (nSPS) is 22.0. The Morgan fingerprint density at radius 1 is 1.00 bits per heavy atom. The van der Waals surface area contributed by atoms with Crippen molar-refractivity contribution < 1.29 is 48.8 Å². The van der Waals surface area contributed by atoms with E-state index in [4.69, 9.17) is 4.74 Å². The first-order valence-corrected chi connectivity index (χ1v) is 12.9. The van der Waals surface area contributed by atoms with E-state index in [9.17, 15) is 27.2 Å². The molecule has 11 heteroatoms. The molecule has 202 valence electrons. The fourth-order valence-corrected chi connectivity index (χ4v) is 6.03. The van der Waals surface area contributed by atoms with E-state index in [1.807, 2.05) is 11.4 Å². The number of ether oxygens (including phenoxy) is 1. The number of piperidine rings is 3. The Morgan fingerprint density at radius 2 is 1.71 bits per heavy atom. The topological polar surface area (TPSA) is 46.6 Å². The highest BCUT2D eigenvalue weighted by Gasteiger charge is 2.49. The van der Waals surface area contributed by atoms with Gasteiger partial charge in [0.1, 0.15) is 18.9 Å². The maximum atomic E-state index is 14.0. The molecule has 4 heterocycles. The minimum absolute atomic E-state index is 0. The van der Waals surface area contributed by atoms with Crippen LogP contribution in [0.5, 0.6) is 0 Å². The van der Waals surface area contributed by atoms with Crippen LogP contribution in [0.4, 0.5) is 28.0 Å². The number of ketones is 1. The fourth-order valence-electron chi connectivity index (χ4n) is 5.38. The van der Waals surface area contributed by atoms with Crippen molar-refractivity contribution in [3.05, 3.63) is 87.6 Å². The average molecular weight is 569 g/mol. The summed E-state index contributed by atoms with van der Waals surface area (Å²) in [5.74, 6) is -4.81. The van der Waals surface area contributed by atoms with Crippen molar-refractivity contribution in [1.82, 2.24) is 0 Å². The highest BCUT2D eigenvalue weighted by molar-refractivity contribution is 7.12. The quantitative estimate of drug-likeness (QED) is 0.191. The molecule has 2 aromatic carbocycles. The predicted molar refractivity (Wildman–Crippen MR) is 130 cm³/mol. The van der Waals surface area contributed by atoms with Gasteiger partial charge in [0, 0.05) is 18.8 Å². The van der Waals surface area contributed by atoms with Crippen LogP contribution in [0.1, 0.15) is 28.1 Å². The van der Waals surface area contributed by atoms with Crippen molar-refractivity contribution in [1.29, 1.82) is 0 Å². The van der Waals surface area contributed by atoms with Crippen molar-refractivity contribution >= 4 is 28.9 Å². The van der Waals surface area contributed by atoms with Crippen molar-refractivity contribution in [2.24, 2.45) is 5.92 Å². The molecule has 38 heavy (non-hydrogen) atoms. The van der Waals surface area contributed by atoms with E-state index in [-0.39, 0.29) is 41.9 Å². The summed E-state index contributed by atoms with van der Waals surface area (Å²) in [6.45, 7) is 2.08. The number of amides is 1. The summed E-state index contributed by atoms with van der Waals surface area (Å²) in [5.41, 5.74) is 0.116. The average Bonchev–Trinajstić information content (AvgIpc) is 3.41. The summed E-state index contributed by atoms with van der Waals surface area (Å²) < 4.78 is 61.6. The van der Waals surface area contributed by atoms with E-state index >= 15 is 0 Å². The van der Waals surface area contributed by atoms with Gasteiger partial charge in [0.05, 0.1) is 30.2 Å². The number of halogens is 5. The summed E-state index contributed by atoms with van der Waals surface area (Å²) in [7, 11) is 0. The Kier molecular flexibility index (Phi) is 8.44. The van der Waals surface area contributed by atoms with Crippen LogP contribution in [0.3, 0.4) is 0 Å². The second-order valence-electron chi connectivity index (χ2n) is 9.73. The lowest BCUT2D eigenvalue weighted by atomic mass is 9.83. The van der Waals surface area contributed by atoms with E-state index in [2.05, 4.69) is 0 Å². The number of carbonyl (C=O) groups is 2. The van der Waals surface area contributed by atoms with E-state index in [0.29, 0.717) is 22.4 Å². The molecule has 3 aliphatic heterocycles. The van der Waals surface area contributed by atoms with Crippen molar-refractivity contribution in [3.63, 3.8) is 0 Å². The van der Waals surface area contributed by atoms with E-state index in [1.54, 1.807) is 6.07 Å². The van der Waals surface area contributed by atoms with Crippen molar-refractivity contribution in [3.8, 4) is 0 Å². The van der Waals surface area contributed by atoms with Crippen molar-refractivity contribution in [2.75, 3.05) is 31.1 Å². The molecule has 1 aromatic heterocycles. The number of quaternary nitrogens is 1. The van der Waals surface area contributed by atoms with Gasteiger partial charge in [-0.25, -0.2) is 22.4 Å². The first-order valence-electron chi connectivity index (χ1n) is 12.0. The number of Topliss-reactive ketones (excluding diaryl/α,β-unsaturated/α-hetero) is 1. The van der Waals surface area contributed by atoms with Crippen LogP contribution in [0.2, 0.25) is 0 Å². The number of carbonyl (C=O) groups excluding carboxylic acids is 2. The van der Waals surface area contributed by atoms with Gasteiger partial charge in [-0.15, -0.1) is 11.3 Å². The molecule has 0 saturated carbocycles. The van der Waals surface area contributed by atoms with Gasteiger partial charge in [-0.1, -0.05) is 12.1 Å². The van der Waals surface area contributed by atoms with E-state index in [1.165, 1.54) is 29.5 Å². The number of benzene rings is 2. The number of hydrogen-bond acceptors (Lipinski definition) is 4. The van der Waals surface area contributed by atoms with Crippen LogP contribution >= 0.6 is 11.3 Å². The lowest BCUT2D eigenvalue weighted by Gasteiger charge is -2.51. The van der Waals surface area contributed by atoms with Gasteiger partial charge >= 0.3 is 6.09 Å². The minimum atomic E-state index is -1.61. The standard InChI is InChI=1S/C27H25F4N2O3S.ClH/c28-19-3-1-4-20(13-19)32(14-17-11-21(29)26(31)22(30)12-17)27(35)36-24-16-33(8-6-18(24)7-9-33)15-23(34)25-5-2-10-37-25;/h1-5,10-13,18,24H,6-9,14-16H2;1H/q+1;/p-1. The molecular weight excluding hydrogens is 544 g/mol. The number of anilines is 1. The van der Waals surface area contributed by atoms with E-state index in [0.717, 1.165) is 49.0 Å². The highest BCUT2D eigenvalue weighted by atomic mass is 35.5. The smallest absolute Gasteiger partial charge is 0.415 e. The second kappa shape index (κ2) is 11.4. The summed E-state index contributed by atoms with van der Waals surface area (Å²) in [6, 6.07) is 10.4. The lowest BCUT2D eigenvalue weighted by molar-refractivity contribution is -0.938. The van der Waals surface area contributed by atoms with Gasteiger partial charge in [-0.2, -0.15) is 0 Å². The fraction of sp³-hybridized carbons (Fsp3) is 0.333. The Morgan fingerprint density at radius 3 is 2.34 bits per heavy atom. The van der Waals surface area contributed by atoms with E-state index < -0.39 is 35.5 Å². The Labute approximate surface area is 227 Å². The van der Waals surface area contributed by atoms with Gasteiger partial charge in [-0.3, -0.25) is 9.69 Å². The number of thiophene rings is 1. The molecule has 1 amide bonds. The largest absolute Gasteiger partial charge is 1.00 e. The van der Waals surface area contributed by atoms with Crippen LogP contribution in [0.15, 0.2) is 53.9 Å². The van der Waals surface area contributed by atoms with Crippen LogP contribution in [0, 0.1) is 29.2 Å². The molecule has 3 fully saturated rings. The third kappa shape index (κ3) is 5.87. The van der Waals surface area contributed by atoms with Crippen molar-refractivity contribution in [2.45, 2.75) is 25.5 Å². The Balaban J connectivity index is 0.00000336.